The molecule has 1 heterocycles. The van der Waals surface area contributed by atoms with E-state index in [4.69, 9.17) is 12.2 Å². The molecular formula is C20H24NO3S2-. The lowest BCUT2D eigenvalue weighted by atomic mass is 9.87. The van der Waals surface area contributed by atoms with Crippen molar-refractivity contribution in [3.8, 4) is 0 Å². The SMILES string of the molecule is CC(C)(C)c1ccc(/C=C2\SC(=S)N(CCCCCC(=O)[O-])C2=O)cc1. The van der Waals surface area contributed by atoms with Gasteiger partial charge in [-0.05, 0) is 41.9 Å². The zero-order valence-electron chi connectivity index (χ0n) is 15.4. The molecule has 1 aromatic rings. The molecule has 1 aromatic carbocycles. The van der Waals surface area contributed by atoms with Gasteiger partial charge in [-0.15, -0.1) is 0 Å². The number of carbonyl (C=O) groups excluding carboxylic acids is 2. The Morgan fingerprint density at radius 2 is 1.85 bits per heavy atom. The molecule has 0 radical (unpaired) electrons. The fourth-order valence-corrected chi connectivity index (χ4v) is 3.95. The van der Waals surface area contributed by atoms with Crippen LogP contribution in [0.25, 0.3) is 6.08 Å². The van der Waals surface area contributed by atoms with Crippen molar-refractivity contribution < 1.29 is 14.7 Å². The zero-order chi connectivity index (χ0) is 19.3. The summed E-state index contributed by atoms with van der Waals surface area (Å²) in [5.41, 5.74) is 2.32. The van der Waals surface area contributed by atoms with Crippen molar-refractivity contribution >= 4 is 46.3 Å². The average Bonchev–Trinajstić information content (AvgIpc) is 2.81. The Labute approximate surface area is 164 Å². The summed E-state index contributed by atoms with van der Waals surface area (Å²) >= 11 is 6.64. The van der Waals surface area contributed by atoms with E-state index in [9.17, 15) is 14.7 Å². The molecule has 1 saturated heterocycles. The summed E-state index contributed by atoms with van der Waals surface area (Å²) in [6.45, 7) is 7.03. The second kappa shape index (κ2) is 8.82. The maximum absolute atomic E-state index is 12.6. The van der Waals surface area contributed by atoms with Crippen LogP contribution >= 0.6 is 24.0 Å². The van der Waals surface area contributed by atoms with Gasteiger partial charge in [0, 0.05) is 12.5 Å². The number of rotatable bonds is 7. The van der Waals surface area contributed by atoms with Crippen LogP contribution in [0.3, 0.4) is 0 Å². The van der Waals surface area contributed by atoms with Gasteiger partial charge in [0.1, 0.15) is 4.32 Å². The van der Waals surface area contributed by atoms with Crippen LogP contribution in [-0.2, 0) is 15.0 Å². The fourth-order valence-electron chi connectivity index (χ4n) is 2.64. The average molecular weight is 391 g/mol. The molecule has 0 aromatic heterocycles. The first-order valence-electron chi connectivity index (χ1n) is 8.74. The third-order valence-corrected chi connectivity index (χ3v) is 5.59. The molecule has 1 fully saturated rings. The Bertz CT molecular complexity index is 718. The van der Waals surface area contributed by atoms with Crippen molar-refractivity contribution in [2.24, 2.45) is 0 Å². The molecule has 6 heteroatoms. The molecule has 26 heavy (non-hydrogen) atoms. The molecule has 0 atom stereocenters. The third kappa shape index (κ3) is 5.68. The number of thiocarbonyl (C=S) groups is 1. The van der Waals surface area contributed by atoms with Crippen LogP contribution in [-0.4, -0.2) is 27.6 Å². The van der Waals surface area contributed by atoms with E-state index in [1.54, 1.807) is 4.90 Å². The third-order valence-electron chi connectivity index (χ3n) is 4.21. The van der Waals surface area contributed by atoms with Gasteiger partial charge in [-0.25, -0.2) is 0 Å². The van der Waals surface area contributed by atoms with Gasteiger partial charge in [0.15, 0.2) is 0 Å². The van der Waals surface area contributed by atoms with Crippen molar-refractivity contribution in [3.05, 3.63) is 40.3 Å². The number of unbranched alkanes of at least 4 members (excludes halogenated alkanes) is 2. The summed E-state index contributed by atoms with van der Waals surface area (Å²) in [7, 11) is 0. The number of amides is 1. The number of carbonyl (C=O) groups is 2. The van der Waals surface area contributed by atoms with Crippen LogP contribution in [0.5, 0.6) is 0 Å². The summed E-state index contributed by atoms with van der Waals surface area (Å²) in [4.78, 5) is 25.2. The molecule has 0 bridgehead atoms. The largest absolute Gasteiger partial charge is 0.550 e. The first-order valence-corrected chi connectivity index (χ1v) is 9.97. The van der Waals surface area contributed by atoms with Crippen molar-refractivity contribution in [2.75, 3.05) is 6.54 Å². The summed E-state index contributed by atoms with van der Waals surface area (Å²) in [5, 5.41) is 10.4. The van der Waals surface area contributed by atoms with E-state index in [1.807, 2.05) is 18.2 Å². The van der Waals surface area contributed by atoms with Gasteiger partial charge >= 0.3 is 0 Å². The minimum Gasteiger partial charge on any atom is -0.550 e. The first kappa shape index (κ1) is 20.6. The van der Waals surface area contributed by atoms with Gasteiger partial charge in [-0.1, -0.05) is 75.4 Å². The Morgan fingerprint density at radius 1 is 1.19 bits per heavy atom. The number of hydrogen-bond acceptors (Lipinski definition) is 5. The highest BCUT2D eigenvalue weighted by atomic mass is 32.2. The fraction of sp³-hybridized carbons (Fsp3) is 0.450. The Hall–Kier alpha value is -1.66. The van der Waals surface area contributed by atoms with Crippen molar-refractivity contribution in [2.45, 2.75) is 51.9 Å². The lowest BCUT2D eigenvalue weighted by Crippen LogP contribution is -2.29. The van der Waals surface area contributed by atoms with Gasteiger partial charge < -0.3 is 9.90 Å². The smallest absolute Gasteiger partial charge is 0.266 e. The molecule has 2 rings (SSSR count). The van der Waals surface area contributed by atoms with Crippen molar-refractivity contribution in [3.63, 3.8) is 0 Å². The van der Waals surface area contributed by atoms with Crippen LogP contribution in [0.1, 0.15) is 57.6 Å². The molecule has 0 spiro atoms. The molecule has 1 amide bonds. The molecular weight excluding hydrogens is 366 g/mol. The topological polar surface area (TPSA) is 60.4 Å². The Balaban J connectivity index is 1.97. The normalized spacial score (nSPS) is 16.6. The van der Waals surface area contributed by atoms with Gasteiger partial charge in [-0.2, -0.15) is 0 Å². The number of nitrogens with zero attached hydrogens (tertiary/aromatic N) is 1. The molecule has 1 aliphatic rings. The number of carboxylic acids is 1. The zero-order valence-corrected chi connectivity index (χ0v) is 17.0. The van der Waals surface area contributed by atoms with E-state index in [0.29, 0.717) is 22.2 Å². The molecule has 1 aliphatic heterocycles. The van der Waals surface area contributed by atoms with Crippen LogP contribution in [0.4, 0.5) is 0 Å². The number of carboxylic acid groups (broad SMARTS) is 1. The van der Waals surface area contributed by atoms with E-state index >= 15 is 0 Å². The Morgan fingerprint density at radius 3 is 2.42 bits per heavy atom. The number of thioether (sulfide) groups is 1. The van der Waals surface area contributed by atoms with Crippen LogP contribution in [0, 0.1) is 0 Å². The summed E-state index contributed by atoms with van der Waals surface area (Å²) < 4.78 is 0.562. The highest BCUT2D eigenvalue weighted by molar-refractivity contribution is 8.26. The lowest BCUT2D eigenvalue weighted by molar-refractivity contribution is -0.305. The van der Waals surface area contributed by atoms with Gasteiger partial charge in [0.05, 0.1) is 4.91 Å². The second-order valence-corrected chi connectivity index (χ2v) is 9.06. The summed E-state index contributed by atoms with van der Waals surface area (Å²) in [6, 6.07) is 8.22. The van der Waals surface area contributed by atoms with E-state index in [2.05, 4.69) is 32.9 Å². The highest BCUT2D eigenvalue weighted by Crippen LogP contribution is 2.33. The second-order valence-electron chi connectivity index (χ2n) is 7.39. The molecule has 140 valence electrons. The number of aliphatic carboxylic acids is 1. The number of hydrogen-bond donors (Lipinski definition) is 0. The van der Waals surface area contributed by atoms with E-state index in [1.165, 1.54) is 17.3 Å². The van der Waals surface area contributed by atoms with Crippen LogP contribution in [0.15, 0.2) is 29.2 Å². The monoisotopic (exact) mass is 390 g/mol. The van der Waals surface area contributed by atoms with Crippen LogP contribution < -0.4 is 5.11 Å². The molecule has 0 saturated carbocycles. The van der Waals surface area contributed by atoms with Gasteiger partial charge in [0.2, 0.25) is 0 Å². The lowest BCUT2D eigenvalue weighted by Gasteiger charge is -2.18. The molecule has 4 nitrogen and oxygen atoms in total. The maximum Gasteiger partial charge on any atom is 0.266 e. The Kier molecular flexibility index (Phi) is 7.01. The van der Waals surface area contributed by atoms with Crippen molar-refractivity contribution in [1.82, 2.24) is 4.90 Å². The summed E-state index contributed by atoms with van der Waals surface area (Å²) in [5.74, 6) is -1.10. The van der Waals surface area contributed by atoms with E-state index in [-0.39, 0.29) is 17.7 Å². The molecule has 0 N–H and O–H groups in total. The van der Waals surface area contributed by atoms with E-state index < -0.39 is 5.97 Å². The molecule has 0 unspecified atom stereocenters. The predicted octanol–water partition coefficient (Wildman–Crippen LogP) is 3.50. The highest BCUT2D eigenvalue weighted by Gasteiger charge is 2.31. The minimum absolute atomic E-state index is 0.0584. The summed E-state index contributed by atoms with van der Waals surface area (Å²) in [6.07, 6.45) is 3.96. The maximum atomic E-state index is 12.6. The first-order chi connectivity index (χ1) is 12.2. The minimum atomic E-state index is -1.03. The van der Waals surface area contributed by atoms with Gasteiger partial charge in [-0.3, -0.25) is 9.69 Å². The predicted molar refractivity (Wildman–Crippen MR) is 108 cm³/mol. The standard InChI is InChI=1S/C20H25NO3S2/c1-20(2,3)15-10-8-14(9-11-15)13-16-18(24)21(19(25)26-16)12-6-4-5-7-17(22)23/h8-11,13H,4-7,12H2,1-3H3,(H,22,23)/p-1/b16-13-. The van der Waals surface area contributed by atoms with Gasteiger partial charge in [0.25, 0.3) is 5.91 Å². The number of benzene rings is 1. The quantitative estimate of drug-likeness (QED) is 0.405. The van der Waals surface area contributed by atoms with Crippen molar-refractivity contribution in [1.29, 1.82) is 0 Å². The van der Waals surface area contributed by atoms with E-state index in [0.717, 1.165) is 18.4 Å². The molecule has 0 aliphatic carbocycles. The van der Waals surface area contributed by atoms with Crippen LogP contribution in [0.2, 0.25) is 0 Å².